The monoisotopic (exact) mass is 306 g/mol. The Balaban J connectivity index is 2.24. The molecule has 0 aliphatic carbocycles. The topological polar surface area (TPSA) is 130 Å². The highest BCUT2D eigenvalue weighted by molar-refractivity contribution is 5.91. The van der Waals surface area contributed by atoms with Crippen molar-refractivity contribution in [2.75, 3.05) is 0 Å². The van der Waals surface area contributed by atoms with Gasteiger partial charge in [0.05, 0.1) is 17.5 Å². The van der Waals surface area contributed by atoms with E-state index in [2.05, 4.69) is 4.98 Å². The molecule has 22 heavy (non-hydrogen) atoms. The minimum Gasteiger partial charge on any atom is -0.370 e. The van der Waals surface area contributed by atoms with E-state index >= 15 is 0 Å². The third kappa shape index (κ3) is 2.75. The number of nitro groups is 2. The van der Waals surface area contributed by atoms with E-state index in [1.807, 2.05) is 0 Å². The molecule has 1 aromatic heterocycles. The number of esters is 1. The first-order valence-electron chi connectivity index (χ1n) is 5.95. The van der Waals surface area contributed by atoms with Crippen LogP contribution in [0.1, 0.15) is 16.1 Å². The molecule has 0 atom stereocenters. The number of rotatable bonds is 4. The molecule has 0 fully saturated rings. The Labute approximate surface area is 123 Å². The molecule has 1 aromatic carbocycles. The van der Waals surface area contributed by atoms with Gasteiger partial charge in [-0.3, -0.25) is 10.1 Å². The maximum Gasteiger partial charge on any atom is 0.399 e. The van der Waals surface area contributed by atoms with Gasteiger partial charge in [0.2, 0.25) is 0 Å². The number of ether oxygens (including phenoxy) is 1. The molecule has 0 aliphatic heterocycles. The SMILES string of the molecule is Cc1nc(OC(=O)c2ccc([N+](=O)[O-])cc2)n(C)c1[N+](=O)[O-]. The lowest BCUT2D eigenvalue weighted by molar-refractivity contribution is -0.392. The average Bonchev–Trinajstić information content (AvgIpc) is 2.73. The number of carbonyl (C=O) groups excluding carboxylic acids is 1. The molecule has 10 heteroatoms. The predicted molar refractivity (Wildman–Crippen MR) is 72.7 cm³/mol. The first-order valence-corrected chi connectivity index (χ1v) is 5.95. The standard InChI is InChI=1S/C12H10N4O6/c1-7-10(16(20)21)14(2)12(13-7)22-11(17)8-3-5-9(6-4-8)15(18)19/h3-6H,1-2H3. The highest BCUT2D eigenvalue weighted by Crippen LogP contribution is 2.23. The van der Waals surface area contributed by atoms with Crippen LogP contribution in [-0.2, 0) is 7.05 Å². The van der Waals surface area contributed by atoms with E-state index in [-0.39, 0.29) is 28.8 Å². The molecule has 0 N–H and O–H groups in total. The molecular weight excluding hydrogens is 296 g/mol. The van der Waals surface area contributed by atoms with Gasteiger partial charge in [-0.2, -0.15) is 9.55 Å². The van der Waals surface area contributed by atoms with Gasteiger partial charge in [-0.05, 0) is 24.0 Å². The van der Waals surface area contributed by atoms with Crippen LogP contribution in [0.3, 0.4) is 0 Å². The van der Waals surface area contributed by atoms with Crippen LogP contribution in [-0.4, -0.2) is 25.4 Å². The van der Waals surface area contributed by atoms with Crippen molar-refractivity contribution in [1.29, 1.82) is 0 Å². The second kappa shape index (κ2) is 5.60. The van der Waals surface area contributed by atoms with E-state index in [0.717, 1.165) is 16.7 Å². The van der Waals surface area contributed by atoms with Gasteiger partial charge in [-0.25, -0.2) is 4.79 Å². The second-order valence-corrected chi connectivity index (χ2v) is 4.31. The minimum atomic E-state index is -0.821. The van der Waals surface area contributed by atoms with Crippen molar-refractivity contribution >= 4 is 17.5 Å². The first kappa shape index (κ1) is 15.1. The van der Waals surface area contributed by atoms with Crippen LogP contribution in [0.4, 0.5) is 11.5 Å². The van der Waals surface area contributed by atoms with Crippen LogP contribution in [0.5, 0.6) is 6.01 Å². The summed E-state index contributed by atoms with van der Waals surface area (Å²) in [6.07, 6.45) is 0. The zero-order valence-corrected chi connectivity index (χ0v) is 11.5. The van der Waals surface area contributed by atoms with Crippen LogP contribution in [0.25, 0.3) is 0 Å². The Bertz CT molecular complexity index is 765. The van der Waals surface area contributed by atoms with Crippen LogP contribution < -0.4 is 4.74 Å². The number of benzene rings is 1. The molecule has 0 aliphatic rings. The van der Waals surface area contributed by atoms with E-state index in [0.29, 0.717) is 0 Å². The molecule has 0 bridgehead atoms. The number of hydrogen-bond donors (Lipinski definition) is 0. The number of aryl methyl sites for hydroxylation is 1. The molecule has 10 nitrogen and oxygen atoms in total. The molecule has 1 heterocycles. The van der Waals surface area contributed by atoms with Crippen LogP contribution in [0.15, 0.2) is 24.3 Å². The average molecular weight is 306 g/mol. The summed E-state index contributed by atoms with van der Waals surface area (Å²) in [6.45, 7) is 1.42. The predicted octanol–water partition coefficient (Wildman–Crippen LogP) is 1.76. The third-order valence-corrected chi connectivity index (χ3v) is 2.86. The van der Waals surface area contributed by atoms with E-state index in [9.17, 15) is 25.0 Å². The van der Waals surface area contributed by atoms with Gasteiger partial charge in [0.15, 0.2) is 0 Å². The highest BCUT2D eigenvalue weighted by Gasteiger charge is 2.25. The van der Waals surface area contributed by atoms with E-state index in [1.54, 1.807) is 0 Å². The fourth-order valence-electron chi connectivity index (χ4n) is 1.81. The fraction of sp³-hybridized carbons (Fsp3) is 0.167. The lowest BCUT2D eigenvalue weighted by Crippen LogP contribution is -2.12. The van der Waals surface area contributed by atoms with Gasteiger partial charge in [0.25, 0.3) is 5.69 Å². The smallest absolute Gasteiger partial charge is 0.370 e. The number of nitrogens with zero attached hydrogens (tertiary/aromatic N) is 4. The summed E-state index contributed by atoms with van der Waals surface area (Å²) >= 11 is 0. The number of non-ortho nitro benzene ring substituents is 1. The van der Waals surface area contributed by atoms with Crippen LogP contribution >= 0.6 is 0 Å². The van der Waals surface area contributed by atoms with E-state index in [1.165, 1.54) is 26.1 Å². The van der Waals surface area contributed by atoms with Crippen molar-refractivity contribution in [3.8, 4) is 6.01 Å². The number of aromatic nitrogens is 2. The van der Waals surface area contributed by atoms with Crippen molar-refractivity contribution in [2.45, 2.75) is 6.92 Å². The summed E-state index contributed by atoms with van der Waals surface area (Å²) in [5.41, 5.74) is 0.00734. The van der Waals surface area contributed by atoms with Crippen LogP contribution in [0.2, 0.25) is 0 Å². The van der Waals surface area contributed by atoms with Gasteiger partial charge in [-0.15, -0.1) is 0 Å². The molecular formula is C12H10N4O6. The number of carbonyl (C=O) groups is 1. The molecule has 0 radical (unpaired) electrons. The van der Waals surface area contributed by atoms with Gasteiger partial charge >= 0.3 is 17.8 Å². The number of imidazole rings is 1. The van der Waals surface area contributed by atoms with Crippen molar-refractivity contribution in [1.82, 2.24) is 9.55 Å². The summed E-state index contributed by atoms with van der Waals surface area (Å²) < 4.78 is 6.02. The second-order valence-electron chi connectivity index (χ2n) is 4.31. The lowest BCUT2D eigenvalue weighted by atomic mass is 10.2. The Morgan fingerprint density at radius 1 is 1.18 bits per heavy atom. The molecule has 114 valence electrons. The quantitative estimate of drug-likeness (QED) is 0.477. The molecule has 2 rings (SSSR count). The zero-order chi connectivity index (χ0) is 16.4. The Morgan fingerprint density at radius 3 is 2.23 bits per heavy atom. The van der Waals surface area contributed by atoms with Crippen molar-refractivity contribution in [3.05, 3.63) is 55.8 Å². The van der Waals surface area contributed by atoms with Gasteiger partial charge in [-0.1, -0.05) is 0 Å². The zero-order valence-electron chi connectivity index (χ0n) is 11.5. The maximum absolute atomic E-state index is 11.9. The van der Waals surface area contributed by atoms with Gasteiger partial charge < -0.3 is 14.9 Å². The summed E-state index contributed by atoms with van der Waals surface area (Å²) in [4.78, 5) is 35.9. The maximum atomic E-state index is 11.9. The molecule has 0 unspecified atom stereocenters. The van der Waals surface area contributed by atoms with Crippen molar-refractivity contribution in [2.24, 2.45) is 7.05 Å². The van der Waals surface area contributed by atoms with Crippen LogP contribution in [0, 0.1) is 27.2 Å². The molecule has 2 aromatic rings. The van der Waals surface area contributed by atoms with Crippen molar-refractivity contribution < 1.29 is 19.4 Å². The van der Waals surface area contributed by atoms with E-state index < -0.39 is 15.8 Å². The Morgan fingerprint density at radius 2 is 1.77 bits per heavy atom. The Kier molecular flexibility index (Phi) is 3.84. The molecule has 0 spiro atoms. The highest BCUT2D eigenvalue weighted by atomic mass is 16.6. The van der Waals surface area contributed by atoms with Gasteiger partial charge in [0, 0.05) is 12.1 Å². The summed E-state index contributed by atoms with van der Waals surface area (Å²) in [5, 5.41) is 21.4. The van der Waals surface area contributed by atoms with Gasteiger partial charge in [0.1, 0.15) is 5.69 Å². The summed E-state index contributed by atoms with van der Waals surface area (Å²) in [7, 11) is 1.34. The number of nitro benzene ring substituents is 1. The normalized spacial score (nSPS) is 10.3. The summed E-state index contributed by atoms with van der Waals surface area (Å²) in [5.74, 6) is -1.11. The third-order valence-electron chi connectivity index (χ3n) is 2.86. The van der Waals surface area contributed by atoms with Crippen molar-refractivity contribution in [3.63, 3.8) is 0 Å². The Hall–Kier alpha value is -3.30. The largest absolute Gasteiger partial charge is 0.399 e. The molecule has 0 amide bonds. The number of hydrogen-bond acceptors (Lipinski definition) is 7. The summed E-state index contributed by atoms with van der Waals surface area (Å²) in [6, 6.07) is 4.54. The molecule has 0 saturated carbocycles. The van der Waals surface area contributed by atoms with E-state index in [4.69, 9.17) is 4.74 Å². The minimum absolute atomic E-state index is 0.0638. The molecule has 0 saturated heterocycles. The first-order chi connectivity index (χ1) is 10.3. The fourth-order valence-corrected chi connectivity index (χ4v) is 1.81. The lowest BCUT2D eigenvalue weighted by Gasteiger charge is -2.01.